The monoisotopic (exact) mass is 303 g/mol. The number of nitrogens with zero attached hydrogens (tertiary/aromatic N) is 1. The van der Waals surface area contributed by atoms with E-state index in [1.807, 2.05) is 0 Å². The number of thioether (sulfide) groups is 1. The van der Waals surface area contributed by atoms with Crippen LogP contribution in [-0.4, -0.2) is 27.7 Å². The second-order valence-electron chi connectivity index (χ2n) is 3.98. The first-order valence-electron chi connectivity index (χ1n) is 6.08. The van der Waals surface area contributed by atoms with Crippen molar-refractivity contribution in [2.45, 2.75) is 4.90 Å². The van der Waals surface area contributed by atoms with Gasteiger partial charge in [-0.15, -0.1) is 11.8 Å². The zero-order valence-corrected chi connectivity index (χ0v) is 11.8. The molecule has 0 bridgehead atoms. The molecule has 0 fully saturated rings. The first kappa shape index (κ1) is 14.9. The van der Waals surface area contributed by atoms with Gasteiger partial charge in [0.1, 0.15) is 5.82 Å². The highest BCUT2D eigenvalue weighted by Gasteiger charge is 2.11. The van der Waals surface area contributed by atoms with Crippen LogP contribution in [0.1, 0.15) is 10.4 Å². The third-order valence-electron chi connectivity index (χ3n) is 2.47. The van der Waals surface area contributed by atoms with E-state index in [0.717, 1.165) is 0 Å². The molecule has 0 radical (unpaired) electrons. The molecule has 21 heavy (non-hydrogen) atoms. The van der Waals surface area contributed by atoms with Crippen LogP contribution in [0.5, 0.6) is 0 Å². The van der Waals surface area contributed by atoms with Gasteiger partial charge in [0, 0.05) is 11.1 Å². The number of nitrogens with one attached hydrogen (secondary N) is 2. The zero-order valence-electron chi connectivity index (χ0n) is 10.9. The maximum absolute atomic E-state index is 11.7. The minimum atomic E-state index is -1.01. The molecule has 0 aliphatic rings. The lowest BCUT2D eigenvalue weighted by molar-refractivity contribution is -0.118. The fraction of sp³-hybridized carbons (Fsp3) is 0.0714. The number of carbonyl (C=O) groups is 2. The van der Waals surface area contributed by atoms with Crippen molar-refractivity contribution in [3.63, 3.8) is 0 Å². The van der Waals surface area contributed by atoms with Crippen LogP contribution in [0.15, 0.2) is 53.6 Å². The lowest BCUT2D eigenvalue weighted by Crippen LogP contribution is -2.31. The Morgan fingerprint density at radius 1 is 1.14 bits per heavy atom. The summed E-state index contributed by atoms with van der Waals surface area (Å²) in [5, 5.41) is 9.05. The number of carboxylic acid groups (broad SMARTS) is 1. The molecule has 6 nitrogen and oxygen atoms in total. The standard InChI is InChI=1S/C14H13N3O3S/c18-13(17-16-12-7-3-4-8-15-12)9-21-11-6-2-1-5-10(11)14(19)20/h1-8H,9H2,(H,15,16)(H,17,18)(H,19,20). The average molecular weight is 303 g/mol. The number of aromatic nitrogens is 1. The Kier molecular flexibility index (Phi) is 5.16. The van der Waals surface area contributed by atoms with Crippen LogP contribution in [0, 0.1) is 0 Å². The van der Waals surface area contributed by atoms with Crippen LogP contribution in [-0.2, 0) is 4.79 Å². The van der Waals surface area contributed by atoms with Crippen molar-refractivity contribution in [3.05, 3.63) is 54.2 Å². The molecule has 0 unspecified atom stereocenters. The van der Waals surface area contributed by atoms with Gasteiger partial charge in [-0.1, -0.05) is 18.2 Å². The summed E-state index contributed by atoms with van der Waals surface area (Å²) < 4.78 is 0. The van der Waals surface area contributed by atoms with Gasteiger partial charge >= 0.3 is 5.97 Å². The third kappa shape index (κ3) is 4.50. The summed E-state index contributed by atoms with van der Waals surface area (Å²) >= 11 is 1.17. The van der Waals surface area contributed by atoms with Gasteiger partial charge in [0.25, 0.3) is 0 Å². The first-order valence-corrected chi connectivity index (χ1v) is 7.06. The molecule has 1 heterocycles. The van der Waals surface area contributed by atoms with Crippen molar-refractivity contribution in [1.82, 2.24) is 10.4 Å². The van der Waals surface area contributed by atoms with Crippen LogP contribution in [0.3, 0.4) is 0 Å². The molecule has 1 aromatic carbocycles. The lowest BCUT2D eigenvalue weighted by Gasteiger charge is -2.08. The Balaban J connectivity index is 1.86. The number of anilines is 1. The van der Waals surface area contributed by atoms with E-state index < -0.39 is 5.97 Å². The quantitative estimate of drug-likeness (QED) is 0.558. The summed E-state index contributed by atoms with van der Waals surface area (Å²) in [4.78, 5) is 27.3. The molecule has 1 amide bonds. The molecule has 3 N–H and O–H groups in total. The van der Waals surface area contributed by atoms with Crippen molar-refractivity contribution in [1.29, 1.82) is 0 Å². The second kappa shape index (κ2) is 7.30. The largest absolute Gasteiger partial charge is 0.478 e. The highest BCUT2D eigenvalue weighted by Crippen LogP contribution is 2.22. The number of amides is 1. The lowest BCUT2D eigenvalue weighted by atomic mass is 10.2. The molecular weight excluding hydrogens is 290 g/mol. The summed E-state index contributed by atoms with van der Waals surface area (Å²) in [6, 6.07) is 11.8. The van der Waals surface area contributed by atoms with Gasteiger partial charge in [0.15, 0.2) is 0 Å². The van der Waals surface area contributed by atoms with E-state index in [2.05, 4.69) is 15.8 Å². The van der Waals surface area contributed by atoms with Gasteiger partial charge in [-0.2, -0.15) is 0 Å². The first-order chi connectivity index (χ1) is 10.2. The Morgan fingerprint density at radius 2 is 1.90 bits per heavy atom. The molecule has 0 spiro atoms. The minimum absolute atomic E-state index is 0.101. The number of aromatic carboxylic acids is 1. The number of pyridine rings is 1. The Bertz CT molecular complexity index is 634. The molecule has 0 saturated carbocycles. The molecule has 1 aromatic heterocycles. The van der Waals surface area contributed by atoms with Gasteiger partial charge in [0.05, 0.1) is 11.3 Å². The number of carboxylic acids is 1. The average Bonchev–Trinajstić information content (AvgIpc) is 2.52. The Labute approximate surface area is 125 Å². The highest BCUT2D eigenvalue weighted by molar-refractivity contribution is 8.00. The molecule has 0 atom stereocenters. The summed E-state index contributed by atoms with van der Waals surface area (Å²) in [7, 11) is 0. The maximum atomic E-state index is 11.7. The number of hydrogen-bond donors (Lipinski definition) is 3. The topological polar surface area (TPSA) is 91.3 Å². The van der Waals surface area contributed by atoms with Crippen molar-refractivity contribution >= 4 is 29.5 Å². The van der Waals surface area contributed by atoms with E-state index in [-0.39, 0.29) is 17.2 Å². The summed E-state index contributed by atoms with van der Waals surface area (Å²) in [5.41, 5.74) is 5.36. The predicted octanol–water partition coefficient (Wildman–Crippen LogP) is 2.02. The zero-order chi connectivity index (χ0) is 15.1. The van der Waals surface area contributed by atoms with Crippen molar-refractivity contribution < 1.29 is 14.7 Å². The normalized spacial score (nSPS) is 9.90. The molecule has 2 rings (SSSR count). The number of benzene rings is 1. The fourth-order valence-electron chi connectivity index (χ4n) is 1.52. The number of rotatable bonds is 6. The van der Waals surface area contributed by atoms with Crippen LogP contribution in [0.2, 0.25) is 0 Å². The van der Waals surface area contributed by atoms with Crippen LogP contribution < -0.4 is 10.9 Å². The summed E-state index contributed by atoms with van der Waals surface area (Å²) in [6.07, 6.45) is 1.60. The van der Waals surface area contributed by atoms with E-state index in [9.17, 15) is 9.59 Å². The summed E-state index contributed by atoms with van der Waals surface area (Å²) in [5.74, 6) is -0.651. The molecule has 108 valence electrons. The summed E-state index contributed by atoms with van der Waals surface area (Å²) in [6.45, 7) is 0. The molecule has 0 aliphatic heterocycles. The van der Waals surface area contributed by atoms with Crippen molar-refractivity contribution in [3.8, 4) is 0 Å². The van der Waals surface area contributed by atoms with E-state index in [0.29, 0.717) is 10.7 Å². The van der Waals surface area contributed by atoms with Gasteiger partial charge in [0.2, 0.25) is 5.91 Å². The second-order valence-corrected chi connectivity index (χ2v) is 5.00. The van der Waals surface area contributed by atoms with Crippen LogP contribution >= 0.6 is 11.8 Å². The van der Waals surface area contributed by atoms with E-state index in [1.54, 1.807) is 42.6 Å². The van der Waals surface area contributed by atoms with E-state index in [4.69, 9.17) is 5.11 Å². The number of hydrazine groups is 1. The van der Waals surface area contributed by atoms with Gasteiger partial charge in [-0.05, 0) is 24.3 Å². The predicted molar refractivity (Wildman–Crippen MR) is 80.1 cm³/mol. The molecule has 0 aliphatic carbocycles. The van der Waals surface area contributed by atoms with Gasteiger partial charge < -0.3 is 5.11 Å². The van der Waals surface area contributed by atoms with Crippen molar-refractivity contribution in [2.75, 3.05) is 11.2 Å². The minimum Gasteiger partial charge on any atom is -0.478 e. The Hall–Kier alpha value is -2.54. The third-order valence-corrected chi connectivity index (χ3v) is 3.54. The number of carbonyl (C=O) groups excluding carboxylic acids is 1. The van der Waals surface area contributed by atoms with Crippen molar-refractivity contribution in [2.24, 2.45) is 0 Å². The highest BCUT2D eigenvalue weighted by atomic mass is 32.2. The van der Waals surface area contributed by atoms with E-state index in [1.165, 1.54) is 17.8 Å². The van der Waals surface area contributed by atoms with Gasteiger partial charge in [-0.3, -0.25) is 15.6 Å². The van der Waals surface area contributed by atoms with Crippen LogP contribution in [0.4, 0.5) is 5.82 Å². The molecular formula is C14H13N3O3S. The SMILES string of the molecule is O=C(CSc1ccccc1C(=O)O)NNc1ccccn1. The molecule has 7 heteroatoms. The number of hydrogen-bond acceptors (Lipinski definition) is 5. The van der Waals surface area contributed by atoms with E-state index >= 15 is 0 Å². The maximum Gasteiger partial charge on any atom is 0.336 e. The van der Waals surface area contributed by atoms with Crippen LogP contribution in [0.25, 0.3) is 0 Å². The Morgan fingerprint density at radius 3 is 2.62 bits per heavy atom. The van der Waals surface area contributed by atoms with Gasteiger partial charge in [-0.25, -0.2) is 9.78 Å². The molecule has 0 saturated heterocycles. The molecule has 2 aromatic rings. The fourth-order valence-corrected chi connectivity index (χ4v) is 2.36. The smallest absolute Gasteiger partial charge is 0.336 e.